The summed E-state index contributed by atoms with van der Waals surface area (Å²) in [5.41, 5.74) is 0. The number of hydrogen-bond donors (Lipinski definition) is 1. The molecule has 0 radical (unpaired) electrons. The Bertz CT molecular complexity index is 476. The van der Waals surface area contributed by atoms with Crippen molar-refractivity contribution < 1.29 is 14.3 Å². The van der Waals surface area contributed by atoms with E-state index in [1.54, 1.807) is 6.07 Å². The van der Waals surface area contributed by atoms with E-state index in [4.69, 9.17) is 4.74 Å². The van der Waals surface area contributed by atoms with Gasteiger partial charge in [-0.3, -0.25) is 4.79 Å². The van der Waals surface area contributed by atoms with Crippen molar-refractivity contribution in [2.45, 2.75) is 57.9 Å². The number of aryl methyl sites for hydroxylation is 1. The normalized spacial score (nSPS) is 16.8. The molecule has 2 rings (SSSR count). The van der Waals surface area contributed by atoms with Gasteiger partial charge in [0, 0.05) is 10.9 Å². The molecule has 0 unspecified atom stereocenters. The fourth-order valence-electron chi connectivity index (χ4n) is 2.62. The zero-order valence-corrected chi connectivity index (χ0v) is 13.3. The van der Waals surface area contributed by atoms with E-state index in [2.05, 4.69) is 5.32 Å². The number of carbonyl (C=O) groups excluding carboxylic acids is 2. The number of amides is 1. The van der Waals surface area contributed by atoms with Crippen LogP contribution in [0.4, 0.5) is 0 Å². The molecule has 21 heavy (non-hydrogen) atoms. The predicted molar refractivity (Wildman–Crippen MR) is 83.6 cm³/mol. The van der Waals surface area contributed by atoms with Crippen LogP contribution in [0, 0.1) is 6.92 Å². The number of carbonyl (C=O) groups is 2. The van der Waals surface area contributed by atoms with Gasteiger partial charge in [0.15, 0.2) is 6.61 Å². The van der Waals surface area contributed by atoms with Crippen molar-refractivity contribution in [3.8, 4) is 0 Å². The first-order valence-corrected chi connectivity index (χ1v) is 8.50. The van der Waals surface area contributed by atoms with Gasteiger partial charge < -0.3 is 10.1 Å². The van der Waals surface area contributed by atoms with Gasteiger partial charge in [-0.25, -0.2) is 4.79 Å². The minimum atomic E-state index is -0.416. The van der Waals surface area contributed by atoms with Crippen LogP contribution < -0.4 is 5.32 Å². The maximum Gasteiger partial charge on any atom is 0.348 e. The standard InChI is InChI=1S/C16H23NO3S/c1-12-9-10-14(21-12)16(19)20-11-15(18)17-13-7-5-3-2-4-6-8-13/h9-10,13H,2-8,11H2,1H3,(H,17,18). The second-order valence-electron chi connectivity index (χ2n) is 5.60. The minimum absolute atomic E-state index is 0.188. The first-order valence-electron chi connectivity index (χ1n) is 7.68. The van der Waals surface area contributed by atoms with Gasteiger partial charge in [-0.1, -0.05) is 32.1 Å². The van der Waals surface area contributed by atoms with Crippen LogP contribution in [-0.2, 0) is 9.53 Å². The molecule has 0 spiro atoms. The Hall–Kier alpha value is -1.36. The summed E-state index contributed by atoms with van der Waals surface area (Å²) >= 11 is 1.38. The highest BCUT2D eigenvalue weighted by Crippen LogP contribution is 2.17. The largest absolute Gasteiger partial charge is 0.451 e. The smallest absolute Gasteiger partial charge is 0.348 e. The third kappa shape index (κ3) is 5.50. The van der Waals surface area contributed by atoms with Crippen molar-refractivity contribution in [2.75, 3.05) is 6.61 Å². The molecule has 4 nitrogen and oxygen atoms in total. The van der Waals surface area contributed by atoms with E-state index in [-0.39, 0.29) is 18.6 Å². The highest BCUT2D eigenvalue weighted by Gasteiger charge is 2.16. The average molecular weight is 309 g/mol. The van der Waals surface area contributed by atoms with Crippen LogP contribution >= 0.6 is 11.3 Å². The van der Waals surface area contributed by atoms with Gasteiger partial charge in [0.1, 0.15) is 4.88 Å². The quantitative estimate of drug-likeness (QED) is 0.867. The summed E-state index contributed by atoms with van der Waals surface area (Å²) < 4.78 is 5.06. The Morgan fingerprint density at radius 3 is 2.48 bits per heavy atom. The Morgan fingerprint density at radius 1 is 1.19 bits per heavy atom. The Morgan fingerprint density at radius 2 is 1.86 bits per heavy atom. The number of esters is 1. The number of ether oxygens (including phenoxy) is 1. The summed E-state index contributed by atoms with van der Waals surface area (Å²) in [5, 5.41) is 2.99. The van der Waals surface area contributed by atoms with Crippen LogP contribution in [-0.4, -0.2) is 24.5 Å². The first kappa shape index (κ1) is 16.0. The predicted octanol–water partition coefficient (Wildman–Crippen LogP) is 3.44. The van der Waals surface area contributed by atoms with E-state index in [1.165, 1.54) is 43.4 Å². The molecule has 1 aliphatic rings. The average Bonchev–Trinajstić information content (AvgIpc) is 2.86. The van der Waals surface area contributed by atoms with Crippen molar-refractivity contribution in [3.05, 3.63) is 21.9 Å². The topological polar surface area (TPSA) is 55.4 Å². The lowest BCUT2D eigenvalue weighted by molar-refractivity contribution is -0.125. The zero-order valence-electron chi connectivity index (χ0n) is 12.5. The Balaban J connectivity index is 1.72. The molecule has 0 aliphatic heterocycles. The Labute approximate surface area is 129 Å². The van der Waals surface area contributed by atoms with Crippen LogP contribution in [0.1, 0.15) is 59.5 Å². The van der Waals surface area contributed by atoms with Crippen LogP contribution in [0.2, 0.25) is 0 Å². The maximum atomic E-state index is 11.9. The van der Waals surface area contributed by atoms with E-state index < -0.39 is 5.97 Å². The molecule has 1 saturated carbocycles. The summed E-state index contributed by atoms with van der Waals surface area (Å²) in [6.45, 7) is 1.75. The molecule has 1 fully saturated rings. The summed E-state index contributed by atoms with van der Waals surface area (Å²) in [4.78, 5) is 25.2. The van der Waals surface area contributed by atoms with Gasteiger partial charge in [-0.15, -0.1) is 11.3 Å². The van der Waals surface area contributed by atoms with Crippen LogP contribution in [0.5, 0.6) is 0 Å². The fourth-order valence-corrected chi connectivity index (χ4v) is 3.38. The number of nitrogens with one attached hydrogen (secondary N) is 1. The second kappa shape index (κ2) is 8.17. The molecular weight excluding hydrogens is 286 g/mol. The molecule has 1 aliphatic carbocycles. The number of rotatable bonds is 4. The lowest BCUT2D eigenvalue weighted by Gasteiger charge is -2.20. The molecule has 0 saturated heterocycles. The van der Waals surface area contributed by atoms with Gasteiger partial charge in [0.05, 0.1) is 0 Å². The number of thiophene rings is 1. The lowest BCUT2D eigenvalue weighted by Crippen LogP contribution is -2.38. The van der Waals surface area contributed by atoms with Crippen molar-refractivity contribution in [3.63, 3.8) is 0 Å². The summed E-state index contributed by atoms with van der Waals surface area (Å²) in [6.07, 6.45) is 8.20. The van der Waals surface area contributed by atoms with E-state index in [9.17, 15) is 9.59 Å². The van der Waals surface area contributed by atoms with Gasteiger partial charge in [-0.2, -0.15) is 0 Å². The van der Waals surface area contributed by atoms with Crippen molar-refractivity contribution in [1.29, 1.82) is 0 Å². The summed E-state index contributed by atoms with van der Waals surface area (Å²) in [7, 11) is 0. The van der Waals surface area contributed by atoms with Crippen molar-refractivity contribution in [2.24, 2.45) is 0 Å². The van der Waals surface area contributed by atoms with Crippen LogP contribution in [0.3, 0.4) is 0 Å². The molecular formula is C16H23NO3S. The molecule has 0 bridgehead atoms. The molecule has 116 valence electrons. The summed E-state index contributed by atoms with van der Waals surface area (Å²) in [5.74, 6) is -0.608. The van der Waals surface area contributed by atoms with E-state index >= 15 is 0 Å². The third-order valence-corrected chi connectivity index (χ3v) is 4.73. The first-order chi connectivity index (χ1) is 10.1. The lowest BCUT2D eigenvalue weighted by atomic mass is 9.97. The molecule has 1 amide bonds. The highest BCUT2D eigenvalue weighted by molar-refractivity contribution is 7.13. The van der Waals surface area contributed by atoms with Crippen LogP contribution in [0.25, 0.3) is 0 Å². The second-order valence-corrected chi connectivity index (χ2v) is 6.88. The molecule has 1 N–H and O–H groups in total. The SMILES string of the molecule is Cc1ccc(C(=O)OCC(=O)NC2CCCCCCC2)s1. The molecule has 0 aromatic carbocycles. The fraction of sp³-hybridized carbons (Fsp3) is 0.625. The van der Waals surface area contributed by atoms with E-state index in [0.717, 1.165) is 17.7 Å². The third-order valence-electron chi connectivity index (χ3n) is 3.75. The molecule has 5 heteroatoms. The van der Waals surface area contributed by atoms with Gasteiger partial charge in [0.25, 0.3) is 5.91 Å². The zero-order chi connectivity index (χ0) is 15.1. The molecule has 1 aromatic heterocycles. The Kier molecular flexibility index (Phi) is 6.23. The van der Waals surface area contributed by atoms with Crippen LogP contribution in [0.15, 0.2) is 12.1 Å². The van der Waals surface area contributed by atoms with E-state index in [1.807, 2.05) is 13.0 Å². The van der Waals surface area contributed by atoms with Gasteiger partial charge in [-0.05, 0) is 31.9 Å². The monoisotopic (exact) mass is 309 g/mol. The number of hydrogen-bond acceptors (Lipinski definition) is 4. The minimum Gasteiger partial charge on any atom is -0.451 e. The van der Waals surface area contributed by atoms with Crippen molar-refractivity contribution >= 4 is 23.2 Å². The summed E-state index contributed by atoms with van der Waals surface area (Å²) in [6, 6.07) is 3.84. The highest BCUT2D eigenvalue weighted by atomic mass is 32.1. The maximum absolute atomic E-state index is 11.9. The van der Waals surface area contributed by atoms with Gasteiger partial charge >= 0.3 is 5.97 Å². The van der Waals surface area contributed by atoms with Gasteiger partial charge in [0.2, 0.25) is 0 Å². The van der Waals surface area contributed by atoms with Crippen molar-refractivity contribution in [1.82, 2.24) is 5.32 Å². The van der Waals surface area contributed by atoms with E-state index in [0.29, 0.717) is 4.88 Å². The molecule has 0 atom stereocenters. The molecule has 1 aromatic rings. The molecule has 1 heterocycles.